The van der Waals surface area contributed by atoms with E-state index in [4.69, 9.17) is 0 Å². The van der Waals surface area contributed by atoms with Crippen LogP contribution < -0.4 is 5.32 Å². The van der Waals surface area contributed by atoms with Gasteiger partial charge in [0.1, 0.15) is 0 Å². The Bertz CT molecular complexity index is 435. The van der Waals surface area contributed by atoms with Gasteiger partial charge >= 0.3 is 0 Å². The molecule has 1 aliphatic rings. The first-order valence-electron chi connectivity index (χ1n) is 5.73. The molecular weight excluding hydrogens is 198 g/mol. The summed E-state index contributed by atoms with van der Waals surface area (Å²) in [5.74, 6) is 0. The van der Waals surface area contributed by atoms with Crippen molar-refractivity contribution in [2.75, 3.05) is 11.9 Å². The number of nitrogens with zero attached hydrogens (tertiary/aromatic N) is 2. The summed E-state index contributed by atoms with van der Waals surface area (Å²) in [5, 5.41) is 3.51. The summed E-state index contributed by atoms with van der Waals surface area (Å²) in [6.07, 6.45) is 8.09. The standard InChI is InChI=1S/C13H15N3/c1-2-4-13-11(3-1)5-6-12(9-15-13)16-8-7-14-10-16/h1-4,7-8,10,12,15H,5-6,9H2. The van der Waals surface area contributed by atoms with E-state index < -0.39 is 0 Å². The third-order valence-electron chi connectivity index (χ3n) is 3.24. The van der Waals surface area contributed by atoms with Gasteiger partial charge in [-0.05, 0) is 24.5 Å². The van der Waals surface area contributed by atoms with E-state index in [1.54, 1.807) is 0 Å². The Hall–Kier alpha value is -1.77. The first-order chi connectivity index (χ1) is 7.93. The fourth-order valence-electron chi connectivity index (χ4n) is 2.30. The molecule has 1 atom stereocenters. The van der Waals surface area contributed by atoms with Crippen LogP contribution in [0.1, 0.15) is 18.0 Å². The van der Waals surface area contributed by atoms with E-state index in [1.165, 1.54) is 17.7 Å². The van der Waals surface area contributed by atoms with Crippen LogP contribution in [0.25, 0.3) is 0 Å². The first-order valence-corrected chi connectivity index (χ1v) is 5.73. The van der Waals surface area contributed by atoms with E-state index >= 15 is 0 Å². The minimum Gasteiger partial charge on any atom is -0.383 e. The van der Waals surface area contributed by atoms with Crippen LogP contribution in [0.5, 0.6) is 0 Å². The lowest BCUT2D eigenvalue weighted by molar-refractivity contribution is 0.494. The number of rotatable bonds is 1. The van der Waals surface area contributed by atoms with E-state index in [1.807, 2.05) is 18.7 Å². The van der Waals surface area contributed by atoms with Gasteiger partial charge < -0.3 is 9.88 Å². The summed E-state index contributed by atoms with van der Waals surface area (Å²) in [5.41, 5.74) is 2.70. The van der Waals surface area contributed by atoms with Crippen molar-refractivity contribution in [3.8, 4) is 0 Å². The molecule has 82 valence electrons. The first kappa shape index (κ1) is 9.46. The fourth-order valence-corrected chi connectivity index (χ4v) is 2.30. The maximum absolute atomic E-state index is 4.11. The van der Waals surface area contributed by atoms with Crippen molar-refractivity contribution in [2.45, 2.75) is 18.9 Å². The molecule has 1 aliphatic heterocycles. The Kier molecular flexibility index (Phi) is 2.37. The number of imidazole rings is 1. The van der Waals surface area contributed by atoms with Crippen molar-refractivity contribution < 1.29 is 0 Å². The summed E-state index contributed by atoms with van der Waals surface area (Å²) in [6, 6.07) is 9.07. The maximum atomic E-state index is 4.11. The average molecular weight is 213 g/mol. The second kappa shape index (κ2) is 4.00. The Morgan fingerprint density at radius 2 is 2.25 bits per heavy atom. The summed E-state index contributed by atoms with van der Waals surface area (Å²) < 4.78 is 2.19. The number of hydrogen-bond acceptors (Lipinski definition) is 2. The summed E-state index contributed by atoms with van der Waals surface area (Å²) in [7, 11) is 0. The molecule has 1 N–H and O–H groups in total. The van der Waals surface area contributed by atoms with Crippen molar-refractivity contribution in [1.29, 1.82) is 0 Å². The van der Waals surface area contributed by atoms with Crippen molar-refractivity contribution in [2.24, 2.45) is 0 Å². The number of hydrogen-bond donors (Lipinski definition) is 1. The monoisotopic (exact) mass is 213 g/mol. The lowest BCUT2D eigenvalue weighted by Crippen LogP contribution is -2.16. The van der Waals surface area contributed by atoms with Crippen LogP contribution in [-0.4, -0.2) is 16.1 Å². The van der Waals surface area contributed by atoms with E-state index in [2.05, 4.69) is 39.1 Å². The normalized spacial score (nSPS) is 19.6. The molecule has 0 saturated carbocycles. The highest BCUT2D eigenvalue weighted by molar-refractivity contribution is 5.52. The summed E-state index contributed by atoms with van der Waals surface area (Å²) in [4.78, 5) is 4.11. The number of nitrogens with one attached hydrogen (secondary N) is 1. The third kappa shape index (κ3) is 1.69. The summed E-state index contributed by atoms with van der Waals surface area (Å²) in [6.45, 7) is 0.980. The molecule has 0 bridgehead atoms. The molecule has 1 aromatic heterocycles. The molecule has 2 heterocycles. The quantitative estimate of drug-likeness (QED) is 0.788. The molecule has 1 aromatic carbocycles. The predicted molar refractivity (Wildman–Crippen MR) is 64.5 cm³/mol. The molecule has 0 saturated heterocycles. The number of para-hydroxylation sites is 1. The smallest absolute Gasteiger partial charge is 0.0949 e. The van der Waals surface area contributed by atoms with Crippen molar-refractivity contribution in [1.82, 2.24) is 9.55 Å². The van der Waals surface area contributed by atoms with Crippen molar-refractivity contribution in [3.63, 3.8) is 0 Å². The van der Waals surface area contributed by atoms with Gasteiger partial charge in [0.05, 0.1) is 12.4 Å². The number of fused-ring (bicyclic) bond motifs is 1. The highest BCUT2D eigenvalue weighted by atomic mass is 15.1. The van der Waals surface area contributed by atoms with Gasteiger partial charge in [-0.3, -0.25) is 0 Å². The zero-order valence-electron chi connectivity index (χ0n) is 9.13. The Morgan fingerprint density at radius 3 is 3.12 bits per heavy atom. The highest BCUT2D eigenvalue weighted by Gasteiger charge is 2.15. The van der Waals surface area contributed by atoms with Crippen LogP contribution in [0.4, 0.5) is 5.69 Å². The number of aryl methyl sites for hydroxylation is 1. The number of benzene rings is 1. The topological polar surface area (TPSA) is 29.9 Å². The van der Waals surface area contributed by atoms with Crippen LogP contribution in [0.15, 0.2) is 43.0 Å². The largest absolute Gasteiger partial charge is 0.383 e. The van der Waals surface area contributed by atoms with E-state index in [-0.39, 0.29) is 0 Å². The molecular formula is C13H15N3. The summed E-state index contributed by atoms with van der Waals surface area (Å²) >= 11 is 0. The molecule has 3 rings (SSSR count). The highest BCUT2D eigenvalue weighted by Crippen LogP contribution is 2.25. The van der Waals surface area contributed by atoms with Crippen molar-refractivity contribution in [3.05, 3.63) is 48.5 Å². The van der Waals surface area contributed by atoms with Crippen LogP contribution in [0.3, 0.4) is 0 Å². The SMILES string of the molecule is c1ccc2c(c1)CCC(n1ccnc1)CN2. The van der Waals surface area contributed by atoms with E-state index in [0.717, 1.165) is 13.0 Å². The molecule has 0 aliphatic carbocycles. The average Bonchev–Trinajstić information content (AvgIpc) is 2.76. The third-order valence-corrected chi connectivity index (χ3v) is 3.24. The maximum Gasteiger partial charge on any atom is 0.0949 e. The van der Waals surface area contributed by atoms with Gasteiger partial charge in [0.2, 0.25) is 0 Å². The number of aromatic nitrogens is 2. The Balaban J connectivity index is 1.82. The number of anilines is 1. The molecule has 0 radical (unpaired) electrons. The Labute approximate surface area is 95.1 Å². The zero-order chi connectivity index (χ0) is 10.8. The Morgan fingerprint density at radius 1 is 1.31 bits per heavy atom. The van der Waals surface area contributed by atoms with Crippen LogP contribution in [0.2, 0.25) is 0 Å². The minimum absolute atomic E-state index is 0.509. The fraction of sp³-hybridized carbons (Fsp3) is 0.308. The molecule has 0 spiro atoms. The lowest BCUT2D eigenvalue weighted by atomic mass is 10.1. The van der Waals surface area contributed by atoms with Gasteiger partial charge in [-0.15, -0.1) is 0 Å². The minimum atomic E-state index is 0.509. The predicted octanol–water partition coefficient (Wildman–Crippen LogP) is 2.48. The van der Waals surface area contributed by atoms with Gasteiger partial charge in [0.25, 0.3) is 0 Å². The molecule has 1 unspecified atom stereocenters. The van der Waals surface area contributed by atoms with Gasteiger partial charge in [-0.2, -0.15) is 0 Å². The second-order valence-corrected chi connectivity index (χ2v) is 4.24. The molecule has 0 fully saturated rings. The van der Waals surface area contributed by atoms with Gasteiger partial charge in [0.15, 0.2) is 0 Å². The van der Waals surface area contributed by atoms with Crippen molar-refractivity contribution >= 4 is 5.69 Å². The van der Waals surface area contributed by atoms with Crippen LogP contribution in [-0.2, 0) is 6.42 Å². The molecule has 2 aromatic rings. The van der Waals surface area contributed by atoms with Gasteiger partial charge in [-0.25, -0.2) is 4.98 Å². The van der Waals surface area contributed by atoms with Gasteiger partial charge in [0, 0.05) is 24.6 Å². The van der Waals surface area contributed by atoms with Crippen LogP contribution >= 0.6 is 0 Å². The molecule has 3 nitrogen and oxygen atoms in total. The lowest BCUT2D eigenvalue weighted by Gasteiger charge is -2.15. The zero-order valence-corrected chi connectivity index (χ0v) is 9.13. The van der Waals surface area contributed by atoms with Crippen LogP contribution in [0, 0.1) is 0 Å². The van der Waals surface area contributed by atoms with E-state index in [0.29, 0.717) is 6.04 Å². The molecule has 16 heavy (non-hydrogen) atoms. The second-order valence-electron chi connectivity index (χ2n) is 4.24. The molecule has 0 amide bonds. The van der Waals surface area contributed by atoms with E-state index in [9.17, 15) is 0 Å². The molecule has 3 heteroatoms. The van der Waals surface area contributed by atoms with Gasteiger partial charge in [-0.1, -0.05) is 18.2 Å².